The third-order valence-electron chi connectivity index (χ3n) is 6.30. The van der Waals surface area contributed by atoms with Crippen molar-refractivity contribution in [3.63, 3.8) is 0 Å². The van der Waals surface area contributed by atoms with Crippen LogP contribution in [0.5, 0.6) is 0 Å². The van der Waals surface area contributed by atoms with Crippen LogP contribution >= 0.6 is 23.1 Å². The Labute approximate surface area is 223 Å². The van der Waals surface area contributed by atoms with Crippen LogP contribution in [0.25, 0.3) is 21.9 Å². The van der Waals surface area contributed by atoms with Crippen molar-refractivity contribution in [3.8, 4) is 0 Å². The molecule has 0 spiro atoms. The van der Waals surface area contributed by atoms with Gasteiger partial charge in [-0.2, -0.15) is 11.8 Å². The largest absolute Gasteiger partial charge is 0.464 e. The molecular weight excluding hydrogens is 510 g/mol. The first-order valence-electron chi connectivity index (χ1n) is 12.1. The lowest BCUT2D eigenvalue weighted by Crippen LogP contribution is -2.40. The van der Waals surface area contributed by atoms with Gasteiger partial charge < -0.3 is 18.9 Å². The second kappa shape index (κ2) is 11.1. The number of benzene rings is 1. The van der Waals surface area contributed by atoms with Gasteiger partial charge in [0.25, 0.3) is 0 Å². The molecule has 3 aromatic heterocycles. The molecular formula is C28H31NO6S2. The zero-order chi connectivity index (χ0) is 26.7. The Bertz CT molecular complexity index is 1480. The van der Waals surface area contributed by atoms with Gasteiger partial charge >= 0.3 is 11.6 Å². The molecule has 0 fully saturated rings. The van der Waals surface area contributed by atoms with Crippen molar-refractivity contribution < 1.29 is 23.2 Å². The van der Waals surface area contributed by atoms with Crippen LogP contribution in [0, 0.1) is 6.92 Å². The molecule has 0 unspecified atom stereocenters. The molecule has 0 aliphatic heterocycles. The number of rotatable bonds is 9. The van der Waals surface area contributed by atoms with Gasteiger partial charge in [0.15, 0.2) is 0 Å². The summed E-state index contributed by atoms with van der Waals surface area (Å²) in [6.45, 7) is 8.22. The molecule has 37 heavy (non-hydrogen) atoms. The molecule has 1 atom stereocenters. The third kappa shape index (κ3) is 6.10. The van der Waals surface area contributed by atoms with Crippen molar-refractivity contribution in [2.45, 2.75) is 52.0 Å². The highest BCUT2D eigenvalue weighted by atomic mass is 32.2. The number of furan rings is 1. The highest BCUT2D eigenvalue weighted by Gasteiger charge is 2.23. The van der Waals surface area contributed by atoms with Gasteiger partial charge in [-0.1, -0.05) is 26.8 Å². The summed E-state index contributed by atoms with van der Waals surface area (Å²) in [4.78, 5) is 38.6. The first-order chi connectivity index (χ1) is 17.6. The third-order valence-corrected chi connectivity index (χ3v) is 7.79. The number of aryl methyl sites for hydroxylation is 1. The number of carbonyl (C=O) groups excluding carboxylic acids is 2. The number of ether oxygens (including phenoxy) is 1. The molecule has 0 aliphatic rings. The number of amides is 1. The van der Waals surface area contributed by atoms with Crippen molar-refractivity contribution in [3.05, 3.63) is 67.9 Å². The number of hydrogen-bond acceptors (Lipinski definition) is 8. The predicted molar refractivity (Wildman–Crippen MR) is 149 cm³/mol. The van der Waals surface area contributed by atoms with Crippen molar-refractivity contribution in [2.75, 3.05) is 18.6 Å². The van der Waals surface area contributed by atoms with Crippen LogP contribution in [0.4, 0.5) is 0 Å². The lowest BCUT2D eigenvalue weighted by atomic mass is 9.86. The number of fused-ring (bicyclic) bond motifs is 2. The van der Waals surface area contributed by atoms with E-state index in [1.54, 1.807) is 36.2 Å². The Morgan fingerprint density at radius 2 is 1.97 bits per heavy atom. The van der Waals surface area contributed by atoms with Gasteiger partial charge in [0.05, 0.1) is 24.3 Å². The minimum atomic E-state index is -0.549. The zero-order valence-electron chi connectivity index (χ0n) is 21.6. The van der Waals surface area contributed by atoms with E-state index in [4.69, 9.17) is 13.6 Å². The maximum atomic E-state index is 13.0. The summed E-state index contributed by atoms with van der Waals surface area (Å²) in [6.07, 6.45) is 4.21. The Balaban J connectivity index is 1.55. The van der Waals surface area contributed by atoms with E-state index in [9.17, 15) is 14.4 Å². The standard InChI is InChI=1S/C28H31NO6S2/c1-16-18-11-20-21(28(2,3)4)15-33-22(20)13-23(18)35-26(31)19(16)12-25(30)29-17(8-10-36-5)14-34-27(32)24-7-6-9-37-24/h6-7,9,11,13,15,17H,8,10,12,14H2,1-5H3,(H,29,30)/t17-/m1/s1. The minimum Gasteiger partial charge on any atom is -0.464 e. The number of nitrogens with one attached hydrogen (secondary N) is 1. The summed E-state index contributed by atoms with van der Waals surface area (Å²) < 4.78 is 16.8. The fourth-order valence-electron chi connectivity index (χ4n) is 4.23. The van der Waals surface area contributed by atoms with E-state index in [-0.39, 0.29) is 30.4 Å². The van der Waals surface area contributed by atoms with Crippen LogP contribution in [-0.2, 0) is 21.4 Å². The zero-order valence-corrected chi connectivity index (χ0v) is 23.3. The molecule has 0 saturated carbocycles. The molecule has 4 aromatic rings. The van der Waals surface area contributed by atoms with E-state index >= 15 is 0 Å². The molecule has 0 saturated heterocycles. The van der Waals surface area contributed by atoms with E-state index in [2.05, 4.69) is 26.1 Å². The minimum absolute atomic E-state index is 0.0579. The van der Waals surface area contributed by atoms with Crippen LogP contribution in [0.1, 0.15) is 53.6 Å². The average molecular weight is 542 g/mol. The van der Waals surface area contributed by atoms with Crippen LogP contribution in [0.2, 0.25) is 0 Å². The van der Waals surface area contributed by atoms with E-state index in [0.717, 1.165) is 22.1 Å². The van der Waals surface area contributed by atoms with Gasteiger partial charge in [-0.3, -0.25) is 4.79 Å². The average Bonchev–Trinajstić information content (AvgIpc) is 3.52. The molecule has 1 amide bonds. The summed E-state index contributed by atoms with van der Waals surface area (Å²) >= 11 is 2.95. The van der Waals surface area contributed by atoms with Crippen LogP contribution in [-0.4, -0.2) is 36.5 Å². The second-order valence-electron chi connectivity index (χ2n) is 10.0. The molecule has 7 nitrogen and oxygen atoms in total. The first kappa shape index (κ1) is 27.0. The highest BCUT2D eigenvalue weighted by molar-refractivity contribution is 7.98. The SMILES string of the molecule is CSCC[C@H](COC(=O)c1cccs1)NC(=O)Cc1c(C)c2cc3c(C(C)(C)C)coc3cc2oc1=O. The monoisotopic (exact) mass is 541 g/mol. The second-order valence-corrected chi connectivity index (χ2v) is 12.0. The Morgan fingerprint density at radius 3 is 2.65 bits per heavy atom. The van der Waals surface area contributed by atoms with Gasteiger partial charge in [0.2, 0.25) is 5.91 Å². The van der Waals surface area contributed by atoms with Gasteiger partial charge in [0.1, 0.15) is 22.7 Å². The Hall–Kier alpha value is -3.04. The number of hydrogen-bond donors (Lipinski definition) is 1. The summed E-state index contributed by atoms with van der Waals surface area (Å²) in [5.74, 6) is 0.0486. The normalized spacial score (nSPS) is 12.7. The van der Waals surface area contributed by atoms with E-state index in [0.29, 0.717) is 33.6 Å². The van der Waals surface area contributed by atoms with Crippen LogP contribution in [0.3, 0.4) is 0 Å². The number of thioether (sulfide) groups is 1. The molecule has 4 rings (SSSR count). The molecule has 0 bridgehead atoms. The van der Waals surface area contributed by atoms with Gasteiger partial charge in [-0.15, -0.1) is 11.3 Å². The van der Waals surface area contributed by atoms with Crippen LogP contribution < -0.4 is 10.9 Å². The fraction of sp³-hybridized carbons (Fsp3) is 0.393. The number of carbonyl (C=O) groups is 2. The van der Waals surface area contributed by atoms with Gasteiger partial charge in [-0.05, 0) is 53.8 Å². The van der Waals surface area contributed by atoms with Gasteiger partial charge in [-0.25, -0.2) is 9.59 Å². The van der Waals surface area contributed by atoms with Crippen molar-refractivity contribution >= 4 is 56.9 Å². The molecule has 1 N–H and O–H groups in total. The number of thiophene rings is 1. The molecule has 0 aliphatic carbocycles. The maximum Gasteiger partial charge on any atom is 0.348 e. The predicted octanol–water partition coefficient (Wildman–Crippen LogP) is 5.84. The quantitative estimate of drug-likeness (QED) is 0.210. The van der Waals surface area contributed by atoms with Crippen molar-refractivity contribution in [2.24, 2.45) is 0 Å². The maximum absolute atomic E-state index is 13.0. The van der Waals surface area contributed by atoms with Crippen molar-refractivity contribution in [1.82, 2.24) is 5.32 Å². The smallest absolute Gasteiger partial charge is 0.348 e. The summed E-state index contributed by atoms with van der Waals surface area (Å²) in [5.41, 5.74) is 2.48. The molecule has 0 radical (unpaired) electrons. The van der Waals surface area contributed by atoms with E-state index in [1.165, 1.54) is 11.3 Å². The summed E-state index contributed by atoms with van der Waals surface area (Å²) in [7, 11) is 0. The topological polar surface area (TPSA) is 98.8 Å². The first-order valence-corrected chi connectivity index (χ1v) is 14.3. The van der Waals surface area contributed by atoms with Crippen LogP contribution in [0.15, 0.2) is 49.5 Å². The van der Waals surface area contributed by atoms with E-state index in [1.807, 2.05) is 24.6 Å². The molecule has 9 heteroatoms. The lowest BCUT2D eigenvalue weighted by molar-refractivity contribution is -0.121. The fourth-order valence-corrected chi connectivity index (χ4v) is 5.37. The summed E-state index contributed by atoms with van der Waals surface area (Å²) in [6, 6.07) is 6.83. The number of esters is 1. The molecule has 1 aromatic carbocycles. The lowest BCUT2D eigenvalue weighted by Gasteiger charge is -2.19. The Morgan fingerprint density at radius 1 is 1.19 bits per heavy atom. The molecule has 196 valence electrons. The highest BCUT2D eigenvalue weighted by Crippen LogP contribution is 2.35. The Kier molecular flexibility index (Phi) is 8.14. The summed E-state index contributed by atoms with van der Waals surface area (Å²) in [5, 5.41) is 6.47. The molecule has 3 heterocycles. The van der Waals surface area contributed by atoms with Crippen molar-refractivity contribution in [1.29, 1.82) is 0 Å². The van der Waals surface area contributed by atoms with E-state index < -0.39 is 11.6 Å². The van der Waals surface area contributed by atoms with Gasteiger partial charge in [0, 0.05) is 22.4 Å².